The molecule has 0 amide bonds. The summed E-state index contributed by atoms with van der Waals surface area (Å²) in [4.78, 5) is 19.1. The molecular weight excluding hydrogens is 348 g/mol. The van der Waals surface area contributed by atoms with Crippen LogP contribution in [0.1, 0.15) is 26.2 Å². The van der Waals surface area contributed by atoms with Crippen molar-refractivity contribution < 1.29 is 22.2 Å². The molecule has 0 spiro atoms. The van der Waals surface area contributed by atoms with Gasteiger partial charge in [0, 0.05) is 19.2 Å². The standard InChI is InChI=1S/C13H29N6O.CH4O3S/c1-5-11(20)10-17-13(15)18-12(14)16-8-6-7-9-19(2,3)4;1-5(2,3)4/h5-10H2,1-4H3,(H5,14,15,16,17,18);1H3,(H,2,3,4)/q+1;/p-1. The first-order valence-corrected chi connectivity index (χ1v) is 9.66. The predicted molar refractivity (Wildman–Crippen MR) is 99.2 cm³/mol. The first kappa shape index (κ1) is 25.5. The summed E-state index contributed by atoms with van der Waals surface area (Å²) in [6, 6.07) is 0. The number of nitrogens with one attached hydrogen (secondary N) is 1. The maximum absolute atomic E-state index is 11.1. The lowest BCUT2D eigenvalue weighted by Crippen LogP contribution is -2.42. The molecule has 148 valence electrons. The molecule has 0 radical (unpaired) electrons. The largest absolute Gasteiger partial charge is 0.748 e. The van der Waals surface area contributed by atoms with Crippen molar-refractivity contribution in [3.63, 3.8) is 0 Å². The van der Waals surface area contributed by atoms with Gasteiger partial charge in [-0.2, -0.15) is 0 Å². The number of aliphatic imine (C=N–C) groups is 2. The number of quaternary nitrogens is 1. The van der Waals surface area contributed by atoms with Crippen molar-refractivity contribution in [1.82, 2.24) is 5.32 Å². The Kier molecular flexibility index (Phi) is 12.9. The molecule has 0 aliphatic rings. The molecule has 0 aromatic rings. The Morgan fingerprint density at radius 2 is 1.60 bits per heavy atom. The van der Waals surface area contributed by atoms with E-state index >= 15 is 0 Å². The van der Waals surface area contributed by atoms with Crippen LogP contribution in [-0.2, 0) is 14.9 Å². The second kappa shape index (κ2) is 12.6. The lowest BCUT2D eigenvalue weighted by molar-refractivity contribution is -0.870. The zero-order chi connectivity index (χ0) is 20.1. The molecular formula is C14H32N6O4S. The molecule has 0 saturated carbocycles. The number of Topliss-reactive ketones (excluding diaryl/α,β-unsaturated/α-hetero) is 1. The van der Waals surface area contributed by atoms with E-state index in [0.29, 0.717) is 19.2 Å². The number of hydrogen-bond acceptors (Lipinski definition) is 6. The highest BCUT2D eigenvalue weighted by Crippen LogP contribution is 1.97. The zero-order valence-corrected chi connectivity index (χ0v) is 16.6. The van der Waals surface area contributed by atoms with E-state index in [1.807, 2.05) is 0 Å². The van der Waals surface area contributed by atoms with Crippen molar-refractivity contribution >= 4 is 27.8 Å². The van der Waals surface area contributed by atoms with E-state index in [9.17, 15) is 4.79 Å². The smallest absolute Gasteiger partial charge is 0.195 e. The van der Waals surface area contributed by atoms with Crippen LogP contribution >= 0.6 is 0 Å². The number of guanidine groups is 2. The third-order valence-corrected chi connectivity index (χ3v) is 2.60. The van der Waals surface area contributed by atoms with Gasteiger partial charge in [0.1, 0.15) is 6.54 Å². The summed E-state index contributed by atoms with van der Waals surface area (Å²) in [6.45, 7) is 3.62. The summed E-state index contributed by atoms with van der Waals surface area (Å²) in [5.41, 5.74) is 11.3. The Morgan fingerprint density at radius 1 is 1.12 bits per heavy atom. The van der Waals surface area contributed by atoms with Gasteiger partial charge in [0.15, 0.2) is 17.7 Å². The third-order valence-electron chi connectivity index (χ3n) is 2.60. The molecule has 11 heteroatoms. The van der Waals surface area contributed by atoms with Crippen LogP contribution in [0.2, 0.25) is 0 Å². The van der Waals surface area contributed by atoms with Gasteiger partial charge in [0.05, 0.1) is 37.8 Å². The maximum atomic E-state index is 11.1. The quantitative estimate of drug-likeness (QED) is 0.157. The SMILES string of the molecule is CCC(=O)CN=C(N)NC(N)=NCCCC[N+](C)(C)C.CS(=O)(=O)[O-]. The van der Waals surface area contributed by atoms with Gasteiger partial charge in [-0.1, -0.05) is 6.92 Å². The second-order valence-electron chi connectivity index (χ2n) is 6.41. The van der Waals surface area contributed by atoms with Crippen LogP contribution in [0, 0.1) is 0 Å². The molecule has 0 bridgehead atoms. The van der Waals surface area contributed by atoms with Crippen molar-refractivity contribution in [3.8, 4) is 0 Å². The molecule has 0 aliphatic carbocycles. The van der Waals surface area contributed by atoms with E-state index in [1.165, 1.54) is 0 Å². The molecule has 0 fully saturated rings. The molecule has 25 heavy (non-hydrogen) atoms. The van der Waals surface area contributed by atoms with Gasteiger partial charge in [0.2, 0.25) is 0 Å². The zero-order valence-electron chi connectivity index (χ0n) is 15.8. The number of nitrogens with zero attached hydrogens (tertiary/aromatic N) is 3. The maximum Gasteiger partial charge on any atom is 0.195 e. The van der Waals surface area contributed by atoms with E-state index < -0.39 is 10.1 Å². The molecule has 5 N–H and O–H groups in total. The van der Waals surface area contributed by atoms with Crippen LogP contribution in [0.15, 0.2) is 9.98 Å². The highest BCUT2D eigenvalue weighted by molar-refractivity contribution is 7.84. The van der Waals surface area contributed by atoms with Gasteiger partial charge < -0.3 is 20.5 Å². The van der Waals surface area contributed by atoms with Crippen LogP contribution in [0.4, 0.5) is 0 Å². The summed E-state index contributed by atoms with van der Waals surface area (Å²) in [5.74, 6) is 0.394. The van der Waals surface area contributed by atoms with Crippen molar-refractivity contribution in [3.05, 3.63) is 0 Å². The van der Waals surface area contributed by atoms with Crippen LogP contribution in [0.25, 0.3) is 0 Å². The second-order valence-corrected chi connectivity index (χ2v) is 7.82. The number of ketones is 1. The predicted octanol–water partition coefficient (Wildman–Crippen LogP) is -1.17. The van der Waals surface area contributed by atoms with Crippen LogP contribution < -0.4 is 16.8 Å². The van der Waals surface area contributed by atoms with Crippen LogP contribution in [-0.4, -0.2) is 82.2 Å². The monoisotopic (exact) mass is 380 g/mol. The highest BCUT2D eigenvalue weighted by Gasteiger charge is 2.05. The van der Waals surface area contributed by atoms with Gasteiger partial charge in [-0.15, -0.1) is 0 Å². The van der Waals surface area contributed by atoms with Crippen molar-refractivity contribution in [2.45, 2.75) is 26.2 Å². The van der Waals surface area contributed by atoms with Crippen LogP contribution in [0.5, 0.6) is 0 Å². The van der Waals surface area contributed by atoms with Gasteiger partial charge in [0.25, 0.3) is 0 Å². The number of carbonyl (C=O) groups is 1. The molecule has 0 saturated heterocycles. The van der Waals surface area contributed by atoms with E-state index in [1.54, 1.807) is 6.92 Å². The van der Waals surface area contributed by atoms with Gasteiger partial charge >= 0.3 is 0 Å². The Balaban J connectivity index is 0. The summed E-state index contributed by atoms with van der Waals surface area (Å²) < 4.78 is 28.2. The minimum Gasteiger partial charge on any atom is -0.748 e. The Labute approximate surface area is 150 Å². The Hall–Kier alpha value is -1.72. The summed E-state index contributed by atoms with van der Waals surface area (Å²) in [5, 5.41) is 2.67. The minimum absolute atomic E-state index is 0.0329. The molecule has 10 nitrogen and oxygen atoms in total. The Bertz CT molecular complexity index is 544. The number of rotatable bonds is 8. The fourth-order valence-corrected chi connectivity index (χ4v) is 1.39. The van der Waals surface area contributed by atoms with E-state index in [4.69, 9.17) is 24.4 Å². The lowest BCUT2D eigenvalue weighted by atomic mass is 10.3. The summed E-state index contributed by atoms with van der Waals surface area (Å²) in [7, 11) is 2.57. The molecule has 0 rings (SSSR count). The molecule has 0 atom stereocenters. The van der Waals surface area contributed by atoms with E-state index in [0.717, 1.165) is 23.9 Å². The lowest BCUT2D eigenvalue weighted by Gasteiger charge is -2.23. The number of hydrogen-bond donors (Lipinski definition) is 3. The average Bonchev–Trinajstić information content (AvgIpc) is 2.41. The van der Waals surface area contributed by atoms with Crippen molar-refractivity contribution in [1.29, 1.82) is 0 Å². The molecule has 0 aliphatic heterocycles. The topological polar surface area (TPSA) is 163 Å². The normalized spacial score (nSPS) is 13.0. The third kappa shape index (κ3) is 27.4. The van der Waals surface area contributed by atoms with E-state index in [2.05, 4.69) is 36.4 Å². The van der Waals surface area contributed by atoms with Crippen molar-refractivity contribution in [2.75, 3.05) is 47.0 Å². The van der Waals surface area contributed by atoms with Gasteiger partial charge in [-0.25, -0.2) is 13.4 Å². The minimum atomic E-state index is -3.92. The number of carbonyl (C=O) groups excluding carboxylic acids is 1. The average molecular weight is 381 g/mol. The van der Waals surface area contributed by atoms with Gasteiger partial charge in [-0.3, -0.25) is 15.1 Å². The van der Waals surface area contributed by atoms with Crippen molar-refractivity contribution in [2.24, 2.45) is 21.5 Å². The summed E-state index contributed by atoms with van der Waals surface area (Å²) >= 11 is 0. The summed E-state index contributed by atoms with van der Waals surface area (Å²) in [6.07, 6.45) is 3.12. The fraction of sp³-hybridized carbons (Fsp3) is 0.786. The molecule has 0 unspecified atom stereocenters. The van der Waals surface area contributed by atoms with E-state index in [-0.39, 0.29) is 24.2 Å². The highest BCUT2D eigenvalue weighted by atomic mass is 32.2. The number of nitrogens with two attached hydrogens (primary N) is 2. The fourth-order valence-electron chi connectivity index (χ4n) is 1.39. The molecule has 0 aromatic heterocycles. The first-order chi connectivity index (χ1) is 11.2. The first-order valence-electron chi connectivity index (χ1n) is 7.84. The molecule has 0 aromatic carbocycles. The molecule has 0 heterocycles. The Morgan fingerprint density at radius 3 is 2.04 bits per heavy atom. The van der Waals surface area contributed by atoms with Crippen LogP contribution in [0.3, 0.4) is 0 Å². The van der Waals surface area contributed by atoms with Gasteiger partial charge in [-0.05, 0) is 12.8 Å². The number of unbranched alkanes of at least 4 members (excludes halogenated alkanes) is 1.